The molecule has 5 heteroatoms. The highest BCUT2D eigenvalue weighted by atomic mass is 31.2. The molecule has 0 aromatic heterocycles. The summed E-state index contributed by atoms with van der Waals surface area (Å²) in [4.78, 5) is 0. The van der Waals surface area contributed by atoms with Crippen molar-refractivity contribution in [1.82, 2.24) is 5.09 Å². The van der Waals surface area contributed by atoms with Crippen LogP contribution in [0.5, 0.6) is 0 Å². The third-order valence-corrected chi connectivity index (χ3v) is 1.99. The van der Waals surface area contributed by atoms with Crippen molar-refractivity contribution in [2.45, 2.75) is 32.7 Å². The van der Waals surface area contributed by atoms with E-state index in [1.54, 1.807) is 0 Å². The van der Waals surface area contributed by atoms with Crippen molar-refractivity contribution >= 4 is 7.59 Å². The molecule has 1 unspecified atom stereocenters. The Balaban J connectivity index is 3.58. The van der Waals surface area contributed by atoms with Crippen molar-refractivity contribution < 1.29 is 4.57 Å². The van der Waals surface area contributed by atoms with E-state index in [0.717, 1.165) is 12.8 Å². The Bertz CT molecular complexity index is 133. The molecule has 0 amide bonds. The molecule has 10 heavy (non-hydrogen) atoms. The molecule has 0 saturated carbocycles. The van der Waals surface area contributed by atoms with Crippen LogP contribution in [-0.4, -0.2) is 6.04 Å². The minimum Gasteiger partial charge on any atom is -0.271 e. The van der Waals surface area contributed by atoms with Gasteiger partial charge in [-0.25, -0.2) is 5.09 Å². The molecule has 0 aliphatic rings. The minimum atomic E-state index is -3.00. The average Bonchev–Trinajstić information content (AvgIpc) is 1.59. The van der Waals surface area contributed by atoms with Crippen molar-refractivity contribution in [1.29, 1.82) is 0 Å². The van der Waals surface area contributed by atoms with Gasteiger partial charge in [0.2, 0.25) is 0 Å². The van der Waals surface area contributed by atoms with Crippen LogP contribution >= 0.6 is 7.59 Å². The monoisotopic (exact) mass is 165 g/mol. The third kappa shape index (κ3) is 6.23. The van der Waals surface area contributed by atoms with E-state index in [2.05, 4.69) is 12.0 Å². The van der Waals surface area contributed by atoms with Crippen molar-refractivity contribution in [3.63, 3.8) is 0 Å². The Morgan fingerprint density at radius 2 is 2.10 bits per heavy atom. The first-order valence-corrected chi connectivity index (χ1v) is 5.25. The Kier molecular flexibility index (Phi) is 4.13. The predicted molar refractivity (Wildman–Crippen MR) is 43.5 cm³/mol. The summed E-state index contributed by atoms with van der Waals surface area (Å²) in [5, 5.41) is 2.63. The van der Waals surface area contributed by atoms with E-state index in [9.17, 15) is 4.57 Å². The third-order valence-electron chi connectivity index (χ3n) is 1.14. The van der Waals surface area contributed by atoms with Crippen LogP contribution in [0.25, 0.3) is 0 Å². The largest absolute Gasteiger partial charge is 0.274 e. The van der Waals surface area contributed by atoms with Gasteiger partial charge in [-0.05, 0) is 13.3 Å². The Morgan fingerprint density at radius 1 is 1.60 bits per heavy atom. The first-order valence-electron chi connectivity index (χ1n) is 3.40. The lowest BCUT2D eigenvalue weighted by molar-refractivity contribution is 0.538. The lowest BCUT2D eigenvalue weighted by Gasteiger charge is -2.14. The summed E-state index contributed by atoms with van der Waals surface area (Å²) in [6, 6.07) is 0.144. The van der Waals surface area contributed by atoms with Crippen molar-refractivity contribution in [3.05, 3.63) is 0 Å². The van der Waals surface area contributed by atoms with Crippen LogP contribution in [-0.2, 0) is 4.57 Å². The molecule has 0 aromatic carbocycles. The normalized spacial score (nSPS) is 15.2. The molecule has 0 spiro atoms. The molecule has 0 rings (SSSR count). The van der Waals surface area contributed by atoms with Crippen LogP contribution in [0.3, 0.4) is 0 Å². The highest BCUT2D eigenvalue weighted by Gasteiger charge is 2.10. The van der Waals surface area contributed by atoms with Crippen LogP contribution in [0.15, 0.2) is 0 Å². The first-order chi connectivity index (χ1) is 4.45. The van der Waals surface area contributed by atoms with E-state index in [-0.39, 0.29) is 6.04 Å². The van der Waals surface area contributed by atoms with Gasteiger partial charge in [0.25, 0.3) is 7.59 Å². The number of nitrogens with one attached hydrogen (secondary N) is 1. The smallest absolute Gasteiger partial charge is 0.271 e. The van der Waals surface area contributed by atoms with Gasteiger partial charge in [-0.1, -0.05) is 13.3 Å². The van der Waals surface area contributed by atoms with Crippen molar-refractivity contribution in [2.75, 3.05) is 0 Å². The lowest BCUT2D eigenvalue weighted by Crippen LogP contribution is -2.30. The summed E-state index contributed by atoms with van der Waals surface area (Å²) in [7, 11) is -3.00. The van der Waals surface area contributed by atoms with Crippen LogP contribution in [0.4, 0.5) is 0 Å². The van der Waals surface area contributed by atoms with E-state index < -0.39 is 7.59 Å². The molecular formula is C5H16N3OP. The second kappa shape index (κ2) is 4.09. The number of nitrogens with two attached hydrogens (primary N) is 2. The predicted octanol–water partition coefficient (Wildman–Crippen LogP) is 0.790. The quantitative estimate of drug-likeness (QED) is 0.538. The van der Waals surface area contributed by atoms with Gasteiger partial charge in [0.15, 0.2) is 0 Å². The maximum atomic E-state index is 10.7. The summed E-state index contributed by atoms with van der Waals surface area (Å²) < 4.78 is 10.7. The van der Waals surface area contributed by atoms with Gasteiger partial charge in [0, 0.05) is 6.04 Å². The summed E-state index contributed by atoms with van der Waals surface area (Å²) in [5.74, 6) is 0. The Hall–Kier alpha value is 0.110. The summed E-state index contributed by atoms with van der Waals surface area (Å²) in [6.45, 7) is 3.96. The molecule has 4 nitrogen and oxygen atoms in total. The second-order valence-corrected chi connectivity index (χ2v) is 4.21. The zero-order chi connectivity index (χ0) is 8.20. The second-order valence-electron chi connectivity index (χ2n) is 2.53. The van der Waals surface area contributed by atoms with E-state index >= 15 is 0 Å². The van der Waals surface area contributed by atoms with Gasteiger partial charge in [0.1, 0.15) is 0 Å². The van der Waals surface area contributed by atoms with Gasteiger partial charge >= 0.3 is 0 Å². The average molecular weight is 165 g/mol. The molecule has 0 saturated heterocycles. The van der Waals surface area contributed by atoms with Crippen LogP contribution < -0.4 is 16.1 Å². The van der Waals surface area contributed by atoms with Crippen LogP contribution in [0.2, 0.25) is 0 Å². The fraction of sp³-hybridized carbons (Fsp3) is 1.00. The molecule has 0 fully saturated rings. The summed E-state index contributed by atoms with van der Waals surface area (Å²) in [5.41, 5.74) is 10.2. The van der Waals surface area contributed by atoms with Crippen LogP contribution in [0.1, 0.15) is 26.7 Å². The fourth-order valence-electron chi connectivity index (χ4n) is 0.842. The standard InChI is InChI=1S/C5H16N3OP/c1-3-4-5(2)8-10(6,7)9/h5H,3-4H2,1-2H3,(H5,6,7,8,9). The van der Waals surface area contributed by atoms with Gasteiger partial charge in [-0.15, -0.1) is 0 Å². The van der Waals surface area contributed by atoms with Crippen molar-refractivity contribution in [3.8, 4) is 0 Å². The molecule has 0 bridgehead atoms. The lowest BCUT2D eigenvalue weighted by atomic mass is 10.2. The zero-order valence-electron chi connectivity index (χ0n) is 6.50. The minimum absolute atomic E-state index is 0.144. The van der Waals surface area contributed by atoms with Gasteiger partial charge in [-0.2, -0.15) is 0 Å². The van der Waals surface area contributed by atoms with Gasteiger partial charge in [0.05, 0.1) is 0 Å². The van der Waals surface area contributed by atoms with Crippen LogP contribution in [0, 0.1) is 0 Å². The molecule has 0 heterocycles. The van der Waals surface area contributed by atoms with Gasteiger partial charge in [-0.3, -0.25) is 15.6 Å². The van der Waals surface area contributed by atoms with E-state index in [1.807, 2.05) is 6.92 Å². The topological polar surface area (TPSA) is 81.1 Å². The summed E-state index contributed by atoms with van der Waals surface area (Å²) in [6.07, 6.45) is 1.98. The van der Waals surface area contributed by atoms with E-state index in [4.69, 9.17) is 11.0 Å². The van der Waals surface area contributed by atoms with E-state index in [0.29, 0.717) is 0 Å². The first kappa shape index (κ1) is 10.1. The number of hydrogen-bond acceptors (Lipinski definition) is 1. The molecule has 0 radical (unpaired) electrons. The Morgan fingerprint density at radius 3 is 2.40 bits per heavy atom. The molecule has 5 N–H and O–H groups in total. The SMILES string of the molecule is CCCC(C)NP(N)(N)=O. The number of hydrogen-bond donors (Lipinski definition) is 3. The molecule has 0 aliphatic heterocycles. The van der Waals surface area contributed by atoms with E-state index in [1.165, 1.54) is 0 Å². The maximum Gasteiger partial charge on any atom is 0.274 e. The highest BCUT2D eigenvalue weighted by Crippen LogP contribution is 2.19. The molecule has 0 aliphatic carbocycles. The maximum absolute atomic E-state index is 10.7. The molecule has 62 valence electrons. The zero-order valence-corrected chi connectivity index (χ0v) is 7.40. The van der Waals surface area contributed by atoms with Gasteiger partial charge < -0.3 is 0 Å². The molecular weight excluding hydrogens is 149 g/mol. The molecule has 1 atom stereocenters. The number of rotatable bonds is 4. The Labute approximate surface area is 61.9 Å². The van der Waals surface area contributed by atoms with Crippen molar-refractivity contribution in [2.24, 2.45) is 11.0 Å². The molecule has 0 aromatic rings. The fourth-order valence-corrected chi connectivity index (χ4v) is 1.66. The summed E-state index contributed by atoms with van der Waals surface area (Å²) >= 11 is 0. The highest BCUT2D eigenvalue weighted by molar-refractivity contribution is 7.56.